The summed E-state index contributed by atoms with van der Waals surface area (Å²) in [6.07, 6.45) is 3.39. The van der Waals surface area contributed by atoms with Gasteiger partial charge in [0, 0.05) is 12.1 Å². The van der Waals surface area contributed by atoms with Crippen molar-refractivity contribution in [2.45, 2.75) is 32.1 Å². The standard InChI is InChI=1S/C13H21N2O4P/c16-13(15-12-8-4-3-5-9-12)10-6-1-2-7-11-14-20(17,18)19/h3-5,8-9H,1-2,6-7,10-11H2,(H,15,16)(H3,14,17,18,19)/p-2. The minimum atomic E-state index is -4.59. The smallest absolute Gasteiger partial charge is 0.224 e. The monoisotopic (exact) mass is 298 g/mol. The highest BCUT2D eigenvalue weighted by atomic mass is 31.2. The highest BCUT2D eigenvalue weighted by molar-refractivity contribution is 7.46. The van der Waals surface area contributed by atoms with Crippen LogP contribution in [0, 0.1) is 0 Å². The maximum absolute atomic E-state index is 11.6. The van der Waals surface area contributed by atoms with E-state index in [-0.39, 0.29) is 12.5 Å². The lowest BCUT2D eigenvalue weighted by atomic mass is 10.1. The molecule has 1 aromatic rings. The first-order valence-electron chi connectivity index (χ1n) is 6.59. The second-order valence-electron chi connectivity index (χ2n) is 4.48. The Morgan fingerprint density at radius 1 is 1.05 bits per heavy atom. The lowest BCUT2D eigenvalue weighted by molar-refractivity contribution is -0.317. The summed E-state index contributed by atoms with van der Waals surface area (Å²) in [7, 11) is -4.59. The molecule has 6 nitrogen and oxygen atoms in total. The van der Waals surface area contributed by atoms with Crippen molar-refractivity contribution in [3.63, 3.8) is 0 Å². The molecule has 0 saturated heterocycles. The number of para-hydroxylation sites is 1. The van der Waals surface area contributed by atoms with Crippen LogP contribution in [0.1, 0.15) is 32.1 Å². The fourth-order valence-electron chi connectivity index (χ4n) is 1.73. The van der Waals surface area contributed by atoms with Crippen LogP contribution in [0.2, 0.25) is 0 Å². The summed E-state index contributed by atoms with van der Waals surface area (Å²) in [4.78, 5) is 32.2. The van der Waals surface area contributed by atoms with Gasteiger partial charge in [0.15, 0.2) is 0 Å². The van der Waals surface area contributed by atoms with Crippen molar-refractivity contribution in [3.8, 4) is 0 Å². The number of carbonyl (C=O) groups is 1. The molecule has 2 N–H and O–H groups in total. The fraction of sp³-hybridized carbons (Fsp3) is 0.462. The molecular weight excluding hydrogens is 279 g/mol. The van der Waals surface area contributed by atoms with Gasteiger partial charge in [0.05, 0.1) is 0 Å². The molecule has 0 radical (unpaired) electrons. The van der Waals surface area contributed by atoms with Crippen LogP contribution in [0.25, 0.3) is 0 Å². The van der Waals surface area contributed by atoms with Crippen molar-refractivity contribution < 1.29 is 19.1 Å². The molecule has 0 bridgehead atoms. The highest BCUT2D eigenvalue weighted by Gasteiger charge is 2.01. The van der Waals surface area contributed by atoms with Crippen LogP contribution < -0.4 is 20.2 Å². The van der Waals surface area contributed by atoms with Crippen LogP contribution in [0.3, 0.4) is 0 Å². The van der Waals surface area contributed by atoms with Gasteiger partial charge in [-0.2, -0.15) is 0 Å². The van der Waals surface area contributed by atoms with E-state index in [2.05, 4.69) is 5.32 Å². The molecule has 0 aromatic heterocycles. The Kier molecular flexibility index (Phi) is 7.47. The Hall–Kier alpha value is -1.20. The van der Waals surface area contributed by atoms with E-state index in [1.807, 2.05) is 35.4 Å². The van der Waals surface area contributed by atoms with Crippen LogP contribution in [-0.4, -0.2) is 12.5 Å². The molecule has 0 aliphatic carbocycles. The minimum absolute atomic E-state index is 0.0297. The topological polar surface area (TPSA) is 104 Å². The molecule has 1 rings (SSSR count). The van der Waals surface area contributed by atoms with E-state index in [1.165, 1.54) is 0 Å². The van der Waals surface area contributed by atoms with E-state index in [1.54, 1.807) is 0 Å². The average molecular weight is 298 g/mol. The maximum Gasteiger partial charge on any atom is 0.224 e. The minimum Gasteiger partial charge on any atom is -0.799 e. The van der Waals surface area contributed by atoms with Crippen LogP contribution in [0.15, 0.2) is 30.3 Å². The van der Waals surface area contributed by atoms with Crippen molar-refractivity contribution >= 4 is 19.3 Å². The molecule has 112 valence electrons. The third kappa shape index (κ3) is 8.82. The van der Waals surface area contributed by atoms with Gasteiger partial charge < -0.3 is 19.7 Å². The summed E-state index contributed by atoms with van der Waals surface area (Å²) in [6, 6.07) is 9.24. The number of nitrogens with one attached hydrogen (secondary N) is 2. The first-order valence-corrected chi connectivity index (χ1v) is 8.14. The van der Waals surface area contributed by atoms with Gasteiger partial charge in [0.1, 0.15) is 0 Å². The van der Waals surface area contributed by atoms with E-state index in [0.29, 0.717) is 12.8 Å². The second-order valence-corrected chi connectivity index (χ2v) is 5.80. The van der Waals surface area contributed by atoms with Gasteiger partial charge in [-0.15, -0.1) is 0 Å². The van der Waals surface area contributed by atoms with E-state index >= 15 is 0 Å². The molecule has 20 heavy (non-hydrogen) atoms. The average Bonchev–Trinajstić information content (AvgIpc) is 2.37. The van der Waals surface area contributed by atoms with Crippen molar-refractivity contribution in [3.05, 3.63) is 30.3 Å². The number of amides is 1. The van der Waals surface area contributed by atoms with Crippen molar-refractivity contribution in [2.75, 3.05) is 11.9 Å². The van der Waals surface area contributed by atoms with Crippen molar-refractivity contribution in [1.29, 1.82) is 0 Å². The molecule has 0 fully saturated rings. The maximum atomic E-state index is 11.6. The van der Waals surface area contributed by atoms with E-state index < -0.39 is 7.75 Å². The van der Waals surface area contributed by atoms with E-state index in [0.717, 1.165) is 24.9 Å². The van der Waals surface area contributed by atoms with Gasteiger partial charge in [0.25, 0.3) is 0 Å². The van der Waals surface area contributed by atoms with Crippen molar-refractivity contribution in [2.24, 2.45) is 0 Å². The molecule has 0 aliphatic rings. The predicted molar refractivity (Wildman–Crippen MR) is 73.8 cm³/mol. The Balaban J connectivity index is 2.01. The van der Waals surface area contributed by atoms with Crippen molar-refractivity contribution in [1.82, 2.24) is 5.09 Å². The Morgan fingerprint density at radius 2 is 1.70 bits per heavy atom. The van der Waals surface area contributed by atoms with Crippen LogP contribution in [0.5, 0.6) is 0 Å². The number of rotatable bonds is 9. The van der Waals surface area contributed by atoms with Gasteiger partial charge in [-0.25, -0.2) is 0 Å². The number of anilines is 1. The summed E-state index contributed by atoms with van der Waals surface area (Å²) in [5, 5.41) is 4.71. The van der Waals surface area contributed by atoms with Gasteiger partial charge in [-0.1, -0.05) is 31.0 Å². The summed E-state index contributed by atoms with van der Waals surface area (Å²) in [5.74, 6) is -0.0297. The lowest BCUT2D eigenvalue weighted by Crippen LogP contribution is -2.28. The van der Waals surface area contributed by atoms with E-state index in [9.17, 15) is 19.1 Å². The lowest BCUT2D eigenvalue weighted by Gasteiger charge is -2.30. The van der Waals surface area contributed by atoms with Crippen LogP contribution in [0.4, 0.5) is 5.69 Å². The van der Waals surface area contributed by atoms with Gasteiger partial charge >= 0.3 is 0 Å². The normalized spacial score (nSPS) is 11.3. The molecule has 0 heterocycles. The zero-order valence-electron chi connectivity index (χ0n) is 11.2. The third-order valence-electron chi connectivity index (χ3n) is 2.69. The van der Waals surface area contributed by atoms with Gasteiger partial charge in [-0.05, 0) is 39.3 Å². The summed E-state index contributed by atoms with van der Waals surface area (Å²) < 4.78 is 10.3. The summed E-state index contributed by atoms with van der Waals surface area (Å²) in [5.41, 5.74) is 0.781. The molecule has 7 heteroatoms. The predicted octanol–water partition coefficient (Wildman–Crippen LogP) is 0.994. The third-order valence-corrected chi connectivity index (χ3v) is 3.30. The number of unbranched alkanes of at least 4 members (excludes halogenated alkanes) is 3. The first-order chi connectivity index (χ1) is 9.47. The van der Waals surface area contributed by atoms with Gasteiger partial charge in [0.2, 0.25) is 5.91 Å². The quantitative estimate of drug-likeness (QED) is 0.522. The zero-order valence-corrected chi connectivity index (χ0v) is 12.1. The number of carbonyl (C=O) groups excluding carboxylic acids is 1. The molecular formula is C13H19N2O4P-2. The molecule has 0 saturated carbocycles. The molecule has 0 aliphatic heterocycles. The number of hydrogen-bond donors (Lipinski definition) is 2. The largest absolute Gasteiger partial charge is 0.799 e. The Bertz CT molecular complexity index is 447. The molecule has 0 unspecified atom stereocenters. The molecule has 1 aromatic carbocycles. The second kappa shape index (κ2) is 8.87. The molecule has 1 amide bonds. The van der Waals surface area contributed by atoms with Crippen LogP contribution >= 0.6 is 7.75 Å². The summed E-state index contributed by atoms with van der Waals surface area (Å²) in [6.45, 7) is 0.167. The first kappa shape index (κ1) is 16.9. The van der Waals surface area contributed by atoms with Gasteiger partial charge in [-0.3, -0.25) is 9.88 Å². The highest BCUT2D eigenvalue weighted by Crippen LogP contribution is 2.15. The van der Waals surface area contributed by atoms with Crippen LogP contribution in [-0.2, 0) is 9.36 Å². The Labute approximate surface area is 118 Å². The number of hydrogen-bond acceptors (Lipinski definition) is 4. The Morgan fingerprint density at radius 3 is 2.35 bits per heavy atom. The molecule has 0 spiro atoms. The number of benzene rings is 1. The zero-order chi connectivity index (χ0) is 14.8. The fourth-order valence-corrected chi connectivity index (χ4v) is 2.16. The SMILES string of the molecule is O=C(CCCCCCNP(=O)([O-])[O-])Nc1ccccc1. The summed E-state index contributed by atoms with van der Waals surface area (Å²) >= 11 is 0. The van der Waals surface area contributed by atoms with E-state index in [4.69, 9.17) is 0 Å². The molecule has 0 atom stereocenters.